The second-order valence-electron chi connectivity index (χ2n) is 4.77. The Kier molecular flexibility index (Phi) is 5.14. The van der Waals surface area contributed by atoms with E-state index in [-0.39, 0.29) is 6.10 Å². The summed E-state index contributed by atoms with van der Waals surface area (Å²) in [4.78, 5) is 22.1. The molecule has 0 aliphatic carbocycles. The maximum Gasteiger partial charge on any atom is 0.322 e. The first-order valence-electron chi connectivity index (χ1n) is 6.88. The van der Waals surface area contributed by atoms with Gasteiger partial charge in [0.1, 0.15) is 18.4 Å². The van der Waals surface area contributed by atoms with Crippen molar-refractivity contribution in [1.82, 2.24) is 5.32 Å². The molecule has 0 aliphatic rings. The molecule has 1 unspecified atom stereocenters. The number of hydrogen-bond acceptors (Lipinski definition) is 3. The number of ether oxygens (including phenoxy) is 1. The van der Waals surface area contributed by atoms with Crippen LogP contribution in [0.1, 0.15) is 28.9 Å². The Balaban J connectivity index is 1.97. The summed E-state index contributed by atoms with van der Waals surface area (Å²) in [5.74, 6) is -0.860. The van der Waals surface area contributed by atoms with Crippen molar-refractivity contribution in [1.29, 1.82) is 0 Å². The minimum atomic E-state index is -1.08. The molecule has 0 spiro atoms. The molecular weight excluding hydrogens is 282 g/mol. The van der Waals surface area contributed by atoms with Crippen LogP contribution in [0.25, 0.3) is 0 Å². The lowest BCUT2D eigenvalue weighted by atomic mass is 10.1. The number of rotatable bonds is 6. The van der Waals surface area contributed by atoms with Crippen molar-refractivity contribution in [3.63, 3.8) is 0 Å². The van der Waals surface area contributed by atoms with Crippen LogP contribution in [0.4, 0.5) is 0 Å². The Bertz CT molecular complexity index is 637. The van der Waals surface area contributed by atoms with Crippen molar-refractivity contribution in [2.45, 2.75) is 13.0 Å². The minimum absolute atomic E-state index is 0.104. The molecule has 5 nitrogen and oxygen atoms in total. The van der Waals surface area contributed by atoms with Crippen LogP contribution in [-0.2, 0) is 4.79 Å². The van der Waals surface area contributed by atoms with Crippen LogP contribution in [0.3, 0.4) is 0 Å². The van der Waals surface area contributed by atoms with E-state index in [9.17, 15) is 9.59 Å². The van der Waals surface area contributed by atoms with Gasteiger partial charge in [-0.3, -0.25) is 9.59 Å². The van der Waals surface area contributed by atoms with Crippen molar-refractivity contribution < 1.29 is 19.4 Å². The van der Waals surface area contributed by atoms with E-state index in [1.165, 1.54) is 0 Å². The average Bonchev–Trinajstić information content (AvgIpc) is 2.54. The average molecular weight is 299 g/mol. The SMILES string of the molecule is CC(Oc1ccc(C(=O)NCC(=O)O)cc1)c1ccccc1. The number of carboxylic acid groups (broad SMARTS) is 1. The van der Waals surface area contributed by atoms with Crippen molar-refractivity contribution in [2.24, 2.45) is 0 Å². The molecule has 0 bridgehead atoms. The summed E-state index contributed by atoms with van der Waals surface area (Å²) in [6.45, 7) is 1.55. The highest BCUT2D eigenvalue weighted by molar-refractivity contribution is 5.95. The van der Waals surface area contributed by atoms with Crippen molar-refractivity contribution in [3.8, 4) is 5.75 Å². The maximum absolute atomic E-state index is 11.7. The lowest BCUT2D eigenvalue weighted by molar-refractivity contribution is -0.135. The Morgan fingerprint density at radius 1 is 1.09 bits per heavy atom. The molecule has 5 heteroatoms. The minimum Gasteiger partial charge on any atom is -0.486 e. The summed E-state index contributed by atoms with van der Waals surface area (Å²) in [5.41, 5.74) is 1.45. The number of carbonyl (C=O) groups is 2. The molecule has 0 fully saturated rings. The van der Waals surface area contributed by atoms with Crippen LogP contribution >= 0.6 is 0 Å². The number of amides is 1. The van der Waals surface area contributed by atoms with Gasteiger partial charge in [-0.1, -0.05) is 30.3 Å². The highest BCUT2D eigenvalue weighted by atomic mass is 16.5. The number of carbonyl (C=O) groups excluding carboxylic acids is 1. The van der Waals surface area contributed by atoms with Crippen LogP contribution in [-0.4, -0.2) is 23.5 Å². The monoisotopic (exact) mass is 299 g/mol. The quantitative estimate of drug-likeness (QED) is 0.859. The number of nitrogens with one attached hydrogen (secondary N) is 1. The fraction of sp³-hybridized carbons (Fsp3) is 0.176. The van der Waals surface area contributed by atoms with Gasteiger partial charge in [0.2, 0.25) is 0 Å². The van der Waals surface area contributed by atoms with E-state index in [2.05, 4.69) is 5.32 Å². The maximum atomic E-state index is 11.7. The molecule has 2 rings (SSSR count). The summed E-state index contributed by atoms with van der Waals surface area (Å²) in [6.07, 6.45) is -0.104. The zero-order chi connectivity index (χ0) is 15.9. The third-order valence-electron chi connectivity index (χ3n) is 3.10. The molecule has 1 amide bonds. The molecule has 0 saturated carbocycles. The topological polar surface area (TPSA) is 75.6 Å². The predicted octanol–water partition coefficient (Wildman–Crippen LogP) is 2.64. The molecule has 0 aliphatic heterocycles. The van der Waals surface area contributed by atoms with Gasteiger partial charge in [0.15, 0.2) is 0 Å². The van der Waals surface area contributed by atoms with Gasteiger partial charge in [-0.2, -0.15) is 0 Å². The number of hydrogen-bond donors (Lipinski definition) is 2. The summed E-state index contributed by atoms with van der Waals surface area (Å²) >= 11 is 0. The zero-order valence-corrected chi connectivity index (χ0v) is 12.2. The van der Waals surface area contributed by atoms with E-state index in [4.69, 9.17) is 9.84 Å². The van der Waals surface area contributed by atoms with Gasteiger partial charge in [0.25, 0.3) is 5.91 Å². The first kappa shape index (κ1) is 15.6. The smallest absolute Gasteiger partial charge is 0.322 e. The van der Waals surface area contributed by atoms with Crippen molar-refractivity contribution in [2.75, 3.05) is 6.54 Å². The second-order valence-corrected chi connectivity index (χ2v) is 4.77. The van der Waals surface area contributed by atoms with Gasteiger partial charge in [0, 0.05) is 5.56 Å². The van der Waals surface area contributed by atoms with Crippen LogP contribution < -0.4 is 10.1 Å². The number of carboxylic acids is 1. The standard InChI is InChI=1S/C17H17NO4/c1-12(13-5-3-2-4-6-13)22-15-9-7-14(8-10-15)17(21)18-11-16(19)20/h2-10,12H,11H2,1H3,(H,18,21)(H,19,20). The fourth-order valence-electron chi connectivity index (χ4n) is 1.94. The fourth-order valence-corrected chi connectivity index (χ4v) is 1.94. The van der Waals surface area contributed by atoms with Crippen LogP contribution in [0.15, 0.2) is 54.6 Å². The summed E-state index contributed by atoms with van der Waals surface area (Å²) < 4.78 is 5.81. The van der Waals surface area contributed by atoms with Gasteiger partial charge in [-0.05, 0) is 36.8 Å². The van der Waals surface area contributed by atoms with E-state index in [0.717, 1.165) is 5.56 Å². The van der Waals surface area contributed by atoms with Gasteiger partial charge in [0.05, 0.1) is 0 Å². The number of benzene rings is 2. The Morgan fingerprint density at radius 3 is 2.32 bits per heavy atom. The summed E-state index contributed by atoms with van der Waals surface area (Å²) in [5, 5.41) is 10.8. The molecule has 2 N–H and O–H groups in total. The molecule has 114 valence electrons. The molecule has 2 aromatic rings. The third kappa shape index (κ3) is 4.34. The predicted molar refractivity (Wildman–Crippen MR) is 81.9 cm³/mol. The highest BCUT2D eigenvalue weighted by Crippen LogP contribution is 2.21. The van der Waals surface area contributed by atoms with E-state index >= 15 is 0 Å². The Morgan fingerprint density at radius 2 is 1.73 bits per heavy atom. The van der Waals surface area contributed by atoms with E-state index in [1.807, 2.05) is 37.3 Å². The molecular formula is C17H17NO4. The number of aliphatic carboxylic acids is 1. The van der Waals surface area contributed by atoms with E-state index in [1.54, 1.807) is 24.3 Å². The third-order valence-corrected chi connectivity index (χ3v) is 3.10. The first-order chi connectivity index (χ1) is 10.6. The highest BCUT2D eigenvalue weighted by Gasteiger charge is 2.09. The van der Waals surface area contributed by atoms with Gasteiger partial charge in [-0.25, -0.2) is 0 Å². The zero-order valence-electron chi connectivity index (χ0n) is 12.2. The van der Waals surface area contributed by atoms with Gasteiger partial charge >= 0.3 is 5.97 Å². The van der Waals surface area contributed by atoms with Crippen molar-refractivity contribution >= 4 is 11.9 Å². The lowest BCUT2D eigenvalue weighted by Gasteiger charge is -2.15. The molecule has 0 heterocycles. The van der Waals surface area contributed by atoms with Crippen LogP contribution in [0, 0.1) is 0 Å². The lowest BCUT2D eigenvalue weighted by Crippen LogP contribution is -2.29. The van der Waals surface area contributed by atoms with E-state index < -0.39 is 18.4 Å². The molecule has 2 aromatic carbocycles. The van der Waals surface area contributed by atoms with E-state index in [0.29, 0.717) is 11.3 Å². The first-order valence-corrected chi connectivity index (χ1v) is 6.88. The molecule has 1 atom stereocenters. The molecule has 0 radical (unpaired) electrons. The molecule has 0 aromatic heterocycles. The second kappa shape index (κ2) is 7.26. The summed E-state index contributed by atoms with van der Waals surface area (Å²) in [6, 6.07) is 16.4. The van der Waals surface area contributed by atoms with Gasteiger partial charge in [-0.15, -0.1) is 0 Å². The van der Waals surface area contributed by atoms with Crippen LogP contribution in [0.2, 0.25) is 0 Å². The summed E-state index contributed by atoms with van der Waals surface area (Å²) in [7, 11) is 0. The Labute approximate surface area is 128 Å². The normalized spacial score (nSPS) is 11.5. The van der Waals surface area contributed by atoms with Crippen LogP contribution in [0.5, 0.6) is 5.75 Å². The molecule has 0 saturated heterocycles. The Hall–Kier alpha value is -2.82. The largest absolute Gasteiger partial charge is 0.486 e. The van der Waals surface area contributed by atoms with Gasteiger partial charge < -0.3 is 15.2 Å². The molecule has 22 heavy (non-hydrogen) atoms. The van der Waals surface area contributed by atoms with Crippen molar-refractivity contribution in [3.05, 3.63) is 65.7 Å².